The summed E-state index contributed by atoms with van der Waals surface area (Å²) >= 11 is 0. The second-order valence-corrected chi connectivity index (χ2v) is 4.29. The van der Waals surface area contributed by atoms with Crippen molar-refractivity contribution >= 4 is 23.2 Å². The van der Waals surface area contributed by atoms with Crippen LogP contribution in [-0.4, -0.2) is 11.8 Å². The fourth-order valence-electron chi connectivity index (χ4n) is 1.42. The molecule has 104 valence electrons. The maximum atomic E-state index is 11.6. The first kappa shape index (κ1) is 15.4. The predicted octanol–water partition coefficient (Wildman–Crippen LogP) is 2.83. The minimum atomic E-state index is -0.356. The van der Waals surface area contributed by atoms with Gasteiger partial charge in [-0.15, -0.1) is 0 Å². The van der Waals surface area contributed by atoms with Crippen molar-refractivity contribution in [3.8, 4) is 6.07 Å². The number of anilines is 2. The van der Waals surface area contributed by atoms with Crippen LogP contribution in [0.5, 0.6) is 0 Å². The average Bonchev–Trinajstić information content (AvgIpc) is 2.41. The van der Waals surface area contributed by atoms with Gasteiger partial charge >= 0.3 is 0 Å². The molecule has 0 fully saturated rings. The molecule has 1 rings (SSSR count). The van der Waals surface area contributed by atoms with E-state index in [4.69, 9.17) is 5.26 Å². The van der Waals surface area contributed by atoms with Crippen molar-refractivity contribution < 1.29 is 9.59 Å². The molecule has 0 bridgehead atoms. The summed E-state index contributed by atoms with van der Waals surface area (Å²) in [5.41, 5.74) is 2.24. The van der Waals surface area contributed by atoms with E-state index in [0.29, 0.717) is 11.4 Å². The summed E-state index contributed by atoms with van der Waals surface area (Å²) in [5.74, 6) is -0.531. The lowest BCUT2D eigenvalue weighted by atomic mass is 10.2. The van der Waals surface area contributed by atoms with Crippen molar-refractivity contribution in [1.29, 1.82) is 5.26 Å². The van der Waals surface area contributed by atoms with E-state index in [2.05, 4.69) is 10.6 Å². The summed E-state index contributed by atoms with van der Waals surface area (Å²) in [6.45, 7) is 3.88. The standard InChI is InChI=1S/C15H17N3O2/c1-3-11(2)10-15(20)18-13-6-4-12(5-7-13)17-14(19)8-9-16/h4-7,10H,3,8H2,1-2H3,(H,17,19)(H,18,20)/b11-10+. The van der Waals surface area contributed by atoms with Gasteiger partial charge in [-0.25, -0.2) is 0 Å². The number of nitrogens with zero attached hydrogens (tertiary/aromatic N) is 1. The Balaban J connectivity index is 2.61. The zero-order valence-electron chi connectivity index (χ0n) is 11.6. The fraction of sp³-hybridized carbons (Fsp3) is 0.267. The van der Waals surface area contributed by atoms with Crippen molar-refractivity contribution in [3.63, 3.8) is 0 Å². The van der Waals surface area contributed by atoms with E-state index in [0.717, 1.165) is 12.0 Å². The Kier molecular flexibility index (Phi) is 5.98. The Bertz CT molecular complexity index is 553. The van der Waals surface area contributed by atoms with E-state index >= 15 is 0 Å². The molecule has 0 aliphatic rings. The lowest BCUT2D eigenvalue weighted by molar-refractivity contribution is -0.115. The largest absolute Gasteiger partial charge is 0.325 e. The number of carbonyl (C=O) groups is 2. The fourth-order valence-corrected chi connectivity index (χ4v) is 1.42. The van der Waals surface area contributed by atoms with Gasteiger partial charge < -0.3 is 10.6 Å². The van der Waals surface area contributed by atoms with E-state index in [9.17, 15) is 9.59 Å². The van der Waals surface area contributed by atoms with E-state index in [1.165, 1.54) is 0 Å². The minimum absolute atomic E-state index is 0.175. The highest BCUT2D eigenvalue weighted by molar-refractivity contribution is 6.00. The number of amides is 2. The maximum Gasteiger partial charge on any atom is 0.248 e. The van der Waals surface area contributed by atoms with Gasteiger partial charge in [0.25, 0.3) is 0 Å². The molecule has 0 spiro atoms. The molecule has 0 heterocycles. The zero-order valence-corrected chi connectivity index (χ0v) is 11.6. The van der Waals surface area contributed by atoms with E-state index < -0.39 is 0 Å². The Morgan fingerprint density at radius 2 is 1.75 bits per heavy atom. The molecule has 2 N–H and O–H groups in total. The molecule has 0 saturated carbocycles. The van der Waals surface area contributed by atoms with Gasteiger partial charge in [-0.3, -0.25) is 9.59 Å². The minimum Gasteiger partial charge on any atom is -0.325 e. The maximum absolute atomic E-state index is 11.6. The highest BCUT2D eigenvalue weighted by Gasteiger charge is 2.02. The van der Waals surface area contributed by atoms with Gasteiger partial charge in [0.2, 0.25) is 11.8 Å². The third-order valence-electron chi connectivity index (χ3n) is 2.61. The quantitative estimate of drug-likeness (QED) is 0.808. The summed E-state index contributed by atoms with van der Waals surface area (Å²) in [6, 6.07) is 8.49. The van der Waals surface area contributed by atoms with Crippen molar-refractivity contribution in [2.24, 2.45) is 0 Å². The molecule has 2 amide bonds. The summed E-state index contributed by atoms with van der Waals surface area (Å²) in [7, 11) is 0. The number of hydrogen-bond donors (Lipinski definition) is 2. The molecule has 5 heteroatoms. The van der Waals surface area contributed by atoms with Crippen molar-refractivity contribution in [2.45, 2.75) is 26.7 Å². The number of nitriles is 1. The molecule has 20 heavy (non-hydrogen) atoms. The topological polar surface area (TPSA) is 82.0 Å². The number of nitrogens with one attached hydrogen (secondary N) is 2. The highest BCUT2D eigenvalue weighted by atomic mass is 16.2. The monoisotopic (exact) mass is 271 g/mol. The van der Waals surface area contributed by atoms with Crippen LogP contribution in [0.3, 0.4) is 0 Å². The Morgan fingerprint density at radius 1 is 1.20 bits per heavy atom. The SMILES string of the molecule is CC/C(C)=C/C(=O)Nc1ccc(NC(=O)CC#N)cc1. The molecule has 0 aliphatic carbocycles. The molecule has 0 unspecified atom stereocenters. The van der Waals surface area contributed by atoms with Crippen LogP contribution in [0.4, 0.5) is 11.4 Å². The van der Waals surface area contributed by atoms with Crippen LogP contribution in [0, 0.1) is 11.3 Å². The second-order valence-electron chi connectivity index (χ2n) is 4.29. The highest BCUT2D eigenvalue weighted by Crippen LogP contribution is 2.14. The van der Waals surface area contributed by atoms with Crippen molar-refractivity contribution in [2.75, 3.05) is 10.6 Å². The van der Waals surface area contributed by atoms with Crippen LogP contribution in [0.15, 0.2) is 35.9 Å². The van der Waals surface area contributed by atoms with Crippen LogP contribution in [-0.2, 0) is 9.59 Å². The lowest BCUT2D eigenvalue weighted by Gasteiger charge is -2.06. The Morgan fingerprint density at radius 3 is 2.25 bits per heavy atom. The van der Waals surface area contributed by atoms with Gasteiger partial charge in [0.05, 0.1) is 6.07 Å². The molecule has 0 aromatic heterocycles. The molecule has 0 atom stereocenters. The van der Waals surface area contributed by atoms with E-state index in [1.807, 2.05) is 13.8 Å². The second kappa shape index (κ2) is 7.74. The first-order valence-electron chi connectivity index (χ1n) is 6.30. The first-order valence-corrected chi connectivity index (χ1v) is 6.30. The van der Waals surface area contributed by atoms with Crippen LogP contribution in [0.1, 0.15) is 26.7 Å². The molecule has 0 saturated heterocycles. The molecular weight excluding hydrogens is 254 g/mol. The zero-order chi connectivity index (χ0) is 15.0. The Hall–Kier alpha value is -2.61. The van der Waals surface area contributed by atoms with Crippen LogP contribution in [0.25, 0.3) is 0 Å². The third-order valence-corrected chi connectivity index (χ3v) is 2.61. The van der Waals surface area contributed by atoms with Crippen LogP contribution in [0.2, 0.25) is 0 Å². The summed E-state index contributed by atoms with van der Waals surface area (Å²) in [5, 5.41) is 13.7. The molecular formula is C15H17N3O2. The van der Waals surface area contributed by atoms with E-state index in [-0.39, 0.29) is 18.2 Å². The van der Waals surface area contributed by atoms with Gasteiger partial charge in [0.15, 0.2) is 0 Å². The van der Waals surface area contributed by atoms with Gasteiger partial charge in [-0.05, 0) is 37.6 Å². The van der Waals surface area contributed by atoms with Crippen LogP contribution < -0.4 is 10.6 Å². The first-order chi connectivity index (χ1) is 9.55. The van der Waals surface area contributed by atoms with Gasteiger partial charge in [0, 0.05) is 17.5 Å². The summed E-state index contributed by atoms with van der Waals surface area (Å²) < 4.78 is 0. The number of carbonyl (C=O) groups excluding carboxylic acids is 2. The number of hydrogen-bond acceptors (Lipinski definition) is 3. The molecule has 1 aromatic carbocycles. The van der Waals surface area contributed by atoms with E-state index in [1.54, 1.807) is 36.4 Å². The average molecular weight is 271 g/mol. The molecule has 0 radical (unpaired) electrons. The van der Waals surface area contributed by atoms with Crippen molar-refractivity contribution in [1.82, 2.24) is 0 Å². The molecule has 0 aliphatic heterocycles. The Labute approximate surface area is 118 Å². The number of rotatable bonds is 5. The van der Waals surface area contributed by atoms with Crippen LogP contribution >= 0.6 is 0 Å². The predicted molar refractivity (Wildman–Crippen MR) is 78.0 cm³/mol. The van der Waals surface area contributed by atoms with Crippen molar-refractivity contribution in [3.05, 3.63) is 35.9 Å². The number of allylic oxidation sites excluding steroid dienone is 1. The normalized spacial score (nSPS) is 10.6. The summed E-state index contributed by atoms with van der Waals surface area (Å²) in [6.07, 6.45) is 2.21. The van der Waals surface area contributed by atoms with Gasteiger partial charge in [0.1, 0.15) is 6.42 Å². The van der Waals surface area contributed by atoms with Gasteiger partial charge in [-0.2, -0.15) is 5.26 Å². The lowest BCUT2D eigenvalue weighted by Crippen LogP contribution is -2.11. The molecule has 1 aromatic rings. The molecule has 5 nitrogen and oxygen atoms in total. The van der Waals surface area contributed by atoms with Gasteiger partial charge in [-0.1, -0.05) is 12.5 Å². The smallest absolute Gasteiger partial charge is 0.248 e. The number of benzene rings is 1. The summed E-state index contributed by atoms with van der Waals surface area (Å²) in [4.78, 5) is 22.9. The third kappa shape index (κ3) is 5.36.